The molecule has 2 saturated heterocycles. The van der Waals surface area contributed by atoms with E-state index < -0.39 is 41.7 Å². The van der Waals surface area contributed by atoms with Crippen molar-refractivity contribution in [2.24, 2.45) is 10.2 Å². The summed E-state index contributed by atoms with van der Waals surface area (Å²) in [6.45, 7) is 1.45. The lowest BCUT2D eigenvalue weighted by Gasteiger charge is -2.35. The Kier molecular flexibility index (Phi) is 8.66. The number of rotatable bonds is 7. The molecule has 4 heterocycles. The fraction of sp³-hybridized carbons (Fsp3) is 0.481. The predicted molar refractivity (Wildman–Crippen MR) is 139 cm³/mol. The van der Waals surface area contributed by atoms with Gasteiger partial charge in [-0.05, 0) is 24.6 Å². The summed E-state index contributed by atoms with van der Waals surface area (Å²) in [5.41, 5.74) is -2.33. The molecule has 3 aliphatic rings. The number of piperazine rings is 1. The lowest BCUT2D eigenvalue weighted by Crippen LogP contribution is -2.49. The van der Waals surface area contributed by atoms with Crippen LogP contribution in [0.2, 0.25) is 0 Å². The van der Waals surface area contributed by atoms with Crippen molar-refractivity contribution in [2.45, 2.75) is 49.9 Å². The van der Waals surface area contributed by atoms with Crippen LogP contribution in [-0.4, -0.2) is 88.8 Å². The number of anilines is 1. The van der Waals surface area contributed by atoms with Crippen molar-refractivity contribution in [3.05, 3.63) is 59.9 Å². The van der Waals surface area contributed by atoms with E-state index in [0.717, 1.165) is 18.5 Å². The minimum Gasteiger partial charge on any atom is -0.489 e. The average molecular weight is 612 g/mol. The summed E-state index contributed by atoms with van der Waals surface area (Å²) in [4.78, 5) is 37.4. The fourth-order valence-electron chi connectivity index (χ4n) is 5.31. The lowest BCUT2D eigenvalue weighted by molar-refractivity contribution is -0.138. The highest BCUT2D eigenvalue weighted by Crippen LogP contribution is 2.34. The third-order valence-electron chi connectivity index (χ3n) is 7.49. The molecule has 230 valence electrons. The van der Waals surface area contributed by atoms with Gasteiger partial charge < -0.3 is 14.5 Å². The number of carbonyl (C=O) groups is 2. The number of para-hydroxylation sites is 1. The van der Waals surface area contributed by atoms with Crippen LogP contribution in [-0.2, 0) is 15.8 Å². The number of ether oxygens (including phenoxy) is 1. The van der Waals surface area contributed by atoms with Crippen LogP contribution < -0.4 is 9.64 Å². The number of halogens is 6. The van der Waals surface area contributed by atoms with E-state index in [4.69, 9.17) is 4.74 Å². The zero-order chi connectivity index (χ0) is 30.8. The molecule has 0 N–H and O–H groups in total. The average Bonchev–Trinajstić information content (AvgIpc) is 3.38. The number of azo groups is 1. The third kappa shape index (κ3) is 7.29. The number of hydrogen-bond acceptors (Lipinski definition) is 8. The van der Waals surface area contributed by atoms with Crippen molar-refractivity contribution in [2.75, 3.05) is 37.6 Å². The third-order valence-corrected chi connectivity index (χ3v) is 7.49. The Morgan fingerprint density at radius 2 is 1.63 bits per heavy atom. The first-order valence-electron chi connectivity index (χ1n) is 13.5. The minimum atomic E-state index is -4.88. The number of amides is 2. The highest BCUT2D eigenvalue weighted by Gasteiger charge is 2.44. The van der Waals surface area contributed by atoms with Gasteiger partial charge in [0.25, 0.3) is 5.91 Å². The molecule has 10 nitrogen and oxygen atoms in total. The maximum absolute atomic E-state index is 13.4. The molecule has 0 radical (unpaired) electrons. The zero-order valence-electron chi connectivity index (χ0n) is 22.6. The number of aromatic nitrogens is 2. The van der Waals surface area contributed by atoms with Crippen LogP contribution in [0.15, 0.2) is 64.6 Å². The molecule has 2 amide bonds. The summed E-state index contributed by atoms with van der Waals surface area (Å²) in [6, 6.07) is 8.54. The van der Waals surface area contributed by atoms with Crippen LogP contribution in [0.1, 0.15) is 24.8 Å². The van der Waals surface area contributed by atoms with E-state index in [0.29, 0.717) is 44.8 Å². The Morgan fingerprint density at radius 3 is 2.26 bits per heavy atom. The van der Waals surface area contributed by atoms with Crippen LogP contribution in [0.5, 0.6) is 5.75 Å². The summed E-state index contributed by atoms with van der Waals surface area (Å²) < 4.78 is 84.7. The van der Waals surface area contributed by atoms with Gasteiger partial charge in [-0.2, -0.15) is 31.5 Å². The molecule has 0 spiro atoms. The Morgan fingerprint density at radius 1 is 0.953 bits per heavy atom. The number of hydrogen-bond donors (Lipinski definition) is 0. The van der Waals surface area contributed by atoms with E-state index in [-0.39, 0.29) is 30.9 Å². The van der Waals surface area contributed by atoms with Crippen molar-refractivity contribution in [1.29, 1.82) is 0 Å². The molecule has 0 saturated carbocycles. The first kappa shape index (κ1) is 30.4. The van der Waals surface area contributed by atoms with E-state index in [1.807, 2.05) is 6.07 Å². The van der Waals surface area contributed by atoms with Crippen molar-refractivity contribution < 1.29 is 40.7 Å². The molecule has 3 aliphatic heterocycles. The van der Waals surface area contributed by atoms with Crippen LogP contribution in [0.4, 0.5) is 32.3 Å². The molecule has 0 bridgehead atoms. The van der Waals surface area contributed by atoms with Crippen molar-refractivity contribution >= 4 is 17.8 Å². The smallest absolute Gasteiger partial charge is 0.421 e. The molecule has 16 heteroatoms. The van der Waals surface area contributed by atoms with Gasteiger partial charge in [-0.25, -0.2) is 9.97 Å². The molecule has 43 heavy (non-hydrogen) atoms. The summed E-state index contributed by atoms with van der Waals surface area (Å²) in [6.07, 6.45) is -7.97. The van der Waals surface area contributed by atoms with E-state index in [2.05, 4.69) is 20.2 Å². The largest absolute Gasteiger partial charge is 0.489 e. The first-order chi connectivity index (χ1) is 20.4. The topological polar surface area (TPSA) is 104 Å². The molecule has 1 aromatic carbocycles. The molecule has 3 atom stereocenters. The molecule has 1 unspecified atom stereocenters. The SMILES string of the molecule is O=C1N=NC(N2C[C@@H](Oc3ccccc3)C[C@H]2CCC(=O)N2CCN(c3ncc(C(F)(F)F)cn3)CC2)C=C1C(F)(F)F. The fourth-order valence-corrected chi connectivity index (χ4v) is 5.31. The van der Waals surface area contributed by atoms with Gasteiger partial charge in [-0.3, -0.25) is 14.5 Å². The van der Waals surface area contributed by atoms with Crippen molar-refractivity contribution in [3.63, 3.8) is 0 Å². The standard InChI is InChI=1S/C27H27F6N7O3/c28-26(29,30)17-14-34-25(35-15-17)39-10-8-38(9-11-39)23(41)7-6-18-12-20(43-19-4-2-1-3-5-19)16-40(18)22-13-21(27(31,32)33)24(42)37-36-22/h1-5,13-15,18,20,22H,6-12,16H2/t18-,20+,22?/m1/s1. The van der Waals surface area contributed by atoms with Gasteiger partial charge in [-0.1, -0.05) is 18.2 Å². The molecule has 1 aromatic heterocycles. The molecular formula is C27H27F6N7O3. The second-order valence-electron chi connectivity index (χ2n) is 10.3. The highest BCUT2D eigenvalue weighted by molar-refractivity contribution is 5.95. The van der Waals surface area contributed by atoms with Gasteiger partial charge in [0.2, 0.25) is 11.9 Å². The van der Waals surface area contributed by atoms with Gasteiger partial charge in [0.15, 0.2) is 0 Å². The van der Waals surface area contributed by atoms with Crippen LogP contribution >= 0.6 is 0 Å². The number of alkyl halides is 6. The molecule has 2 fully saturated rings. The molecular weight excluding hydrogens is 584 g/mol. The molecule has 5 rings (SSSR count). The van der Waals surface area contributed by atoms with Gasteiger partial charge in [0.05, 0.1) is 5.56 Å². The quantitative estimate of drug-likeness (QED) is 0.432. The number of carbonyl (C=O) groups excluding carboxylic acids is 2. The van der Waals surface area contributed by atoms with Gasteiger partial charge in [0, 0.05) is 64.0 Å². The van der Waals surface area contributed by atoms with E-state index >= 15 is 0 Å². The van der Waals surface area contributed by atoms with Crippen LogP contribution in [0.3, 0.4) is 0 Å². The van der Waals surface area contributed by atoms with E-state index in [1.54, 1.807) is 39.0 Å². The van der Waals surface area contributed by atoms with E-state index in [9.17, 15) is 35.9 Å². The zero-order valence-corrected chi connectivity index (χ0v) is 22.6. The normalized spacial score (nSPS) is 23.4. The maximum Gasteiger partial charge on any atom is 0.421 e. The van der Waals surface area contributed by atoms with Crippen molar-refractivity contribution in [1.82, 2.24) is 19.8 Å². The molecule has 2 aromatic rings. The summed E-state index contributed by atoms with van der Waals surface area (Å²) >= 11 is 0. The lowest BCUT2D eigenvalue weighted by atomic mass is 10.1. The predicted octanol–water partition coefficient (Wildman–Crippen LogP) is 4.25. The summed E-state index contributed by atoms with van der Waals surface area (Å²) in [7, 11) is 0. The van der Waals surface area contributed by atoms with Gasteiger partial charge in [-0.15, -0.1) is 5.11 Å². The molecule has 0 aliphatic carbocycles. The second kappa shape index (κ2) is 12.3. The number of benzene rings is 1. The second-order valence-corrected chi connectivity index (χ2v) is 10.3. The number of nitrogens with zero attached hydrogens (tertiary/aromatic N) is 7. The Balaban J connectivity index is 1.21. The number of likely N-dealkylation sites (tertiary alicyclic amines) is 1. The van der Waals surface area contributed by atoms with E-state index in [1.165, 1.54) is 0 Å². The van der Waals surface area contributed by atoms with Gasteiger partial charge >= 0.3 is 12.4 Å². The maximum atomic E-state index is 13.4. The van der Waals surface area contributed by atoms with Crippen LogP contribution in [0.25, 0.3) is 0 Å². The van der Waals surface area contributed by atoms with Crippen molar-refractivity contribution in [3.8, 4) is 5.75 Å². The Hall–Kier alpha value is -4.08. The first-order valence-corrected chi connectivity index (χ1v) is 13.5. The van der Waals surface area contributed by atoms with Gasteiger partial charge in [0.1, 0.15) is 23.6 Å². The monoisotopic (exact) mass is 611 g/mol. The van der Waals surface area contributed by atoms with Crippen LogP contribution in [0, 0.1) is 0 Å². The Bertz CT molecular complexity index is 1360. The summed E-state index contributed by atoms with van der Waals surface area (Å²) in [5.74, 6) is -0.899. The highest BCUT2D eigenvalue weighted by atomic mass is 19.4. The summed E-state index contributed by atoms with van der Waals surface area (Å²) in [5, 5.41) is 7.05. The minimum absolute atomic E-state index is 0.0919. The Labute approximate surface area is 242 Å².